The van der Waals surface area contributed by atoms with E-state index in [4.69, 9.17) is 33.9 Å². The number of hydrogen-bond acceptors (Lipinski definition) is 17. The molecule has 0 heterocycles. The summed E-state index contributed by atoms with van der Waals surface area (Å²) in [6.07, 6.45) is 7.14. The summed E-state index contributed by atoms with van der Waals surface area (Å²) in [4.78, 5) is 118. The van der Waals surface area contributed by atoms with Crippen molar-refractivity contribution in [2.75, 3.05) is 97.6 Å². The number of benzene rings is 1. The number of carbonyl (C=O) groups is 10. The molecule has 0 aliphatic rings. The molecule has 6 amide bonds. The average Bonchev–Trinajstić information content (AvgIpc) is 3.37. The lowest BCUT2D eigenvalue weighted by Crippen LogP contribution is -2.49. The Balaban J connectivity index is 2.00. The molecule has 27 heteroatoms. The van der Waals surface area contributed by atoms with E-state index in [1.54, 1.807) is 19.2 Å². The van der Waals surface area contributed by atoms with Gasteiger partial charge in [-0.1, -0.05) is 32.1 Å². The molecule has 0 fully saturated rings. The van der Waals surface area contributed by atoms with Crippen LogP contribution in [0.4, 0.5) is 0 Å². The molecule has 0 aromatic heterocycles. The van der Waals surface area contributed by atoms with Crippen molar-refractivity contribution in [3.63, 3.8) is 0 Å². The molecule has 0 radical (unpaired) electrons. The van der Waals surface area contributed by atoms with Gasteiger partial charge in [0.15, 0.2) is 0 Å². The first kappa shape index (κ1) is 67.9. The quantitative estimate of drug-likeness (QED) is 0.0391. The van der Waals surface area contributed by atoms with E-state index in [9.17, 15) is 58.2 Å². The van der Waals surface area contributed by atoms with E-state index in [1.165, 1.54) is 30.8 Å². The number of thioether (sulfide) groups is 1. The highest BCUT2D eigenvalue weighted by Gasteiger charge is 2.23. The maximum absolute atomic E-state index is 12.4. The number of likely N-dealkylation sites (N-methyl/N-ethyl adjacent to an activating group) is 1. The summed E-state index contributed by atoms with van der Waals surface area (Å²) in [6, 6.07) is 2.15. The van der Waals surface area contributed by atoms with Gasteiger partial charge in [0.25, 0.3) is 0 Å². The topological polar surface area (TPSA) is 382 Å². The van der Waals surface area contributed by atoms with Gasteiger partial charge < -0.3 is 81.3 Å². The fourth-order valence-corrected chi connectivity index (χ4v) is 7.53. The highest BCUT2D eigenvalue weighted by molar-refractivity contribution is 8.00. The van der Waals surface area contributed by atoms with Gasteiger partial charge in [-0.25, -0.2) is 14.4 Å². The Morgan fingerprint density at radius 3 is 1.63 bits per heavy atom. The maximum Gasteiger partial charge on any atom is 0.335 e. The third-order valence-electron chi connectivity index (χ3n) is 10.8. The predicted molar refractivity (Wildman–Crippen MR) is 276 cm³/mol. The summed E-state index contributed by atoms with van der Waals surface area (Å²) in [5, 5.41) is 54.9. The zero-order chi connectivity index (χ0) is 56.4. The van der Waals surface area contributed by atoms with Crippen LogP contribution in [0.15, 0.2) is 24.3 Å². The van der Waals surface area contributed by atoms with Crippen LogP contribution in [0.1, 0.15) is 101 Å². The van der Waals surface area contributed by atoms with Crippen LogP contribution in [0.3, 0.4) is 0 Å². The van der Waals surface area contributed by atoms with Gasteiger partial charge in [0, 0.05) is 38.2 Å². The van der Waals surface area contributed by atoms with Gasteiger partial charge in [0.2, 0.25) is 35.4 Å². The Kier molecular flexibility index (Phi) is 38.4. The molecule has 0 aliphatic carbocycles. The number of nitrogens with one attached hydrogen (secondary N) is 7. The highest BCUT2D eigenvalue weighted by atomic mass is 32.2. The predicted octanol–water partition coefficient (Wildman–Crippen LogP) is 0.299. The molecular weight excluding hydrogens is 1020 g/mol. The molecule has 11 N–H and O–H groups in total. The van der Waals surface area contributed by atoms with Gasteiger partial charge in [-0.05, 0) is 76.8 Å². The van der Waals surface area contributed by atoms with E-state index in [0.29, 0.717) is 31.6 Å². The van der Waals surface area contributed by atoms with Crippen LogP contribution >= 0.6 is 11.8 Å². The monoisotopic (exact) mass is 1100 g/mol. The number of rotatable bonds is 48. The van der Waals surface area contributed by atoms with Crippen molar-refractivity contribution in [3.05, 3.63) is 29.8 Å². The number of ether oxygens (including phenoxy) is 5. The van der Waals surface area contributed by atoms with E-state index >= 15 is 0 Å². The lowest BCUT2D eigenvalue weighted by Gasteiger charge is -2.17. The second-order valence-corrected chi connectivity index (χ2v) is 18.2. The van der Waals surface area contributed by atoms with Crippen molar-refractivity contribution in [2.45, 2.75) is 115 Å². The second kappa shape index (κ2) is 43.0. The number of unbranched alkanes of at least 4 members (excludes halogenated alkanes) is 7. The lowest BCUT2D eigenvalue weighted by atomic mass is 10.1. The van der Waals surface area contributed by atoms with Gasteiger partial charge in [-0.3, -0.25) is 33.6 Å². The molecule has 430 valence electrons. The number of carboxylic acids is 4. The van der Waals surface area contributed by atoms with Gasteiger partial charge >= 0.3 is 23.9 Å². The largest absolute Gasteiger partial charge is 0.494 e. The van der Waals surface area contributed by atoms with Crippen molar-refractivity contribution >= 4 is 71.1 Å². The van der Waals surface area contributed by atoms with Crippen molar-refractivity contribution < 1.29 is 92.1 Å². The average molecular weight is 1100 g/mol. The summed E-state index contributed by atoms with van der Waals surface area (Å²) >= 11 is 1.18. The van der Waals surface area contributed by atoms with Gasteiger partial charge in [-0.2, -0.15) is 0 Å². The number of aliphatic carboxylic acids is 3. The minimum Gasteiger partial charge on any atom is -0.494 e. The third kappa shape index (κ3) is 36.0. The fourth-order valence-electron chi connectivity index (χ4n) is 6.57. The van der Waals surface area contributed by atoms with Gasteiger partial charge in [-0.15, -0.1) is 11.8 Å². The molecule has 0 aliphatic heterocycles. The summed E-state index contributed by atoms with van der Waals surface area (Å²) in [5.74, 6) is -6.30. The standard InChI is InChI=1S/C49H79N7O19S/c1-34(46(63)64)54-45(62)39(50-2)32-76-33-44(61)51-20-10-9-12-37(48(67)68)56-43(60)31-74-29-27-72-25-22-53-42(59)30-73-28-26-71-24-21-52-40(57)19-18-38(49(69)70)55-41(58)13-8-6-4-3-5-7-11-23-75-36-16-14-35(15-17-36)47(65)66/h14-17,34,37-39,50H,3-13,18-33H2,1-2H3,(H,51,61)(H,52,57)(H,53,59)(H,54,62)(H,55,58)(H,56,60)(H,63,64)(H,65,66)(H,67,68)(H,69,70)/t34-,37-,38+,39-/m0/s1. The van der Waals surface area contributed by atoms with Gasteiger partial charge in [0.1, 0.15) is 37.1 Å². The SMILES string of the molecule is CN[C@@H](CSCC(=O)NCCCC[C@H](NC(=O)COCCOCCNC(=O)COCCOCCNC(=O)CC[C@@H](NC(=O)CCCCCCCCCOc1ccc(C(=O)O)cc1)C(=O)O)C(=O)O)C(=O)N[C@@H](C)C(=O)O. The number of amides is 6. The Labute approximate surface area is 446 Å². The number of aromatic carboxylic acids is 1. The summed E-state index contributed by atoms with van der Waals surface area (Å²) < 4.78 is 26.9. The summed E-state index contributed by atoms with van der Waals surface area (Å²) in [6.45, 7) is 2.52. The third-order valence-corrected chi connectivity index (χ3v) is 11.9. The van der Waals surface area contributed by atoms with Crippen LogP contribution < -0.4 is 42.0 Å². The van der Waals surface area contributed by atoms with E-state index in [2.05, 4.69) is 37.2 Å². The highest BCUT2D eigenvalue weighted by Crippen LogP contribution is 2.14. The smallest absolute Gasteiger partial charge is 0.335 e. The molecule has 0 bridgehead atoms. The van der Waals surface area contributed by atoms with Crippen molar-refractivity contribution in [2.24, 2.45) is 0 Å². The summed E-state index contributed by atoms with van der Waals surface area (Å²) in [7, 11) is 1.55. The molecule has 0 saturated heterocycles. The maximum atomic E-state index is 12.4. The molecule has 0 unspecified atom stereocenters. The molecule has 26 nitrogen and oxygen atoms in total. The number of carboxylic acid groups (broad SMARTS) is 4. The molecular formula is C49H79N7O19S. The van der Waals surface area contributed by atoms with Crippen LogP contribution in [-0.4, -0.2) is 202 Å². The number of carbonyl (C=O) groups excluding carboxylic acids is 6. The normalized spacial score (nSPS) is 12.5. The molecule has 1 rings (SSSR count). The molecule has 1 aromatic carbocycles. The minimum atomic E-state index is -1.23. The summed E-state index contributed by atoms with van der Waals surface area (Å²) in [5.41, 5.74) is 0.204. The van der Waals surface area contributed by atoms with Crippen molar-refractivity contribution in [3.8, 4) is 5.75 Å². The second-order valence-electron chi connectivity index (χ2n) is 17.2. The molecule has 1 aromatic rings. The van der Waals surface area contributed by atoms with Crippen LogP contribution in [0.2, 0.25) is 0 Å². The van der Waals surface area contributed by atoms with Crippen LogP contribution in [-0.2, 0) is 62.1 Å². The molecule has 76 heavy (non-hydrogen) atoms. The van der Waals surface area contributed by atoms with Gasteiger partial charge in [0.05, 0.1) is 63.6 Å². The minimum absolute atomic E-state index is 0.0315. The first-order valence-electron chi connectivity index (χ1n) is 25.3. The van der Waals surface area contributed by atoms with Crippen molar-refractivity contribution in [1.29, 1.82) is 0 Å². The van der Waals surface area contributed by atoms with Crippen LogP contribution in [0.25, 0.3) is 0 Å². The first-order chi connectivity index (χ1) is 36.4. The molecule has 0 saturated carbocycles. The zero-order valence-corrected chi connectivity index (χ0v) is 44.3. The molecule has 4 atom stereocenters. The molecule has 0 spiro atoms. The van der Waals surface area contributed by atoms with Crippen molar-refractivity contribution in [1.82, 2.24) is 37.2 Å². The van der Waals surface area contributed by atoms with E-state index in [-0.39, 0.29) is 120 Å². The Bertz CT molecular complexity index is 1920. The van der Waals surface area contributed by atoms with E-state index in [0.717, 1.165) is 38.5 Å². The van der Waals surface area contributed by atoms with Crippen LogP contribution in [0, 0.1) is 0 Å². The van der Waals surface area contributed by atoms with E-state index in [1.807, 2.05) is 0 Å². The Hall–Kier alpha value is -6.13. The van der Waals surface area contributed by atoms with Crippen LogP contribution in [0.5, 0.6) is 5.75 Å². The lowest BCUT2D eigenvalue weighted by molar-refractivity contribution is -0.143. The first-order valence-corrected chi connectivity index (χ1v) is 26.5. The number of hydrogen-bond donors (Lipinski definition) is 11. The Morgan fingerprint density at radius 1 is 0.500 bits per heavy atom. The van der Waals surface area contributed by atoms with E-state index < -0.39 is 78.3 Å². The zero-order valence-electron chi connectivity index (χ0n) is 43.5. The fraction of sp³-hybridized carbons (Fsp3) is 0.673. The Morgan fingerprint density at radius 2 is 1.04 bits per heavy atom.